The summed E-state index contributed by atoms with van der Waals surface area (Å²) in [6.07, 6.45) is 1.38. The predicted molar refractivity (Wildman–Crippen MR) is 69.2 cm³/mol. The van der Waals surface area contributed by atoms with Crippen molar-refractivity contribution in [2.75, 3.05) is 26.2 Å². The number of nitrogens with zero attached hydrogens (tertiary/aromatic N) is 1. The summed E-state index contributed by atoms with van der Waals surface area (Å²) in [7, 11) is 0. The van der Waals surface area contributed by atoms with Gasteiger partial charge in [0.05, 0.1) is 6.54 Å². The minimum atomic E-state index is -0.303. The summed E-state index contributed by atoms with van der Waals surface area (Å²) in [5, 5.41) is 3.48. The van der Waals surface area contributed by atoms with E-state index in [2.05, 4.69) is 5.32 Å². The first-order valence-corrected chi connectivity index (χ1v) is 6.47. The average molecular weight is 271 g/mol. The lowest BCUT2D eigenvalue weighted by Crippen LogP contribution is -2.36. The van der Waals surface area contributed by atoms with Crippen LogP contribution >= 0.6 is 11.6 Å². The molecule has 1 aromatic rings. The molecule has 98 valence electrons. The van der Waals surface area contributed by atoms with Gasteiger partial charge in [0.1, 0.15) is 5.82 Å². The standard InChI is InChI=1S/C13H16ClFN2O/c14-11-3-1-4-12(15)10(11)5-8-17-7-2-6-16-9-13(17)18/h1,3-4,16H,2,5-9H2. The van der Waals surface area contributed by atoms with Crippen molar-refractivity contribution in [1.29, 1.82) is 0 Å². The molecule has 0 unspecified atom stereocenters. The summed E-state index contributed by atoms with van der Waals surface area (Å²) in [4.78, 5) is 13.5. The number of amides is 1. The molecule has 1 amide bonds. The number of halogens is 2. The first-order chi connectivity index (χ1) is 8.68. The molecule has 0 bridgehead atoms. The Morgan fingerprint density at radius 3 is 3.06 bits per heavy atom. The summed E-state index contributed by atoms with van der Waals surface area (Å²) in [6.45, 7) is 2.45. The predicted octanol–water partition coefficient (Wildman–Crippen LogP) is 1.84. The molecule has 1 aromatic carbocycles. The number of rotatable bonds is 3. The van der Waals surface area contributed by atoms with Crippen molar-refractivity contribution in [3.05, 3.63) is 34.6 Å². The first kappa shape index (κ1) is 13.3. The van der Waals surface area contributed by atoms with Gasteiger partial charge >= 0.3 is 0 Å². The van der Waals surface area contributed by atoms with Gasteiger partial charge in [-0.3, -0.25) is 4.79 Å². The van der Waals surface area contributed by atoms with Crippen LogP contribution in [-0.4, -0.2) is 37.0 Å². The monoisotopic (exact) mass is 270 g/mol. The van der Waals surface area contributed by atoms with Crippen LogP contribution in [0.2, 0.25) is 5.02 Å². The van der Waals surface area contributed by atoms with E-state index in [1.54, 1.807) is 17.0 Å². The summed E-state index contributed by atoms with van der Waals surface area (Å²) in [5.74, 6) is -0.233. The lowest BCUT2D eigenvalue weighted by atomic mass is 10.1. The molecular weight excluding hydrogens is 255 g/mol. The Morgan fingerprint density at radius 1 is 1.44 bits per heavy atom. The third kappa shape index (κ3) is 3.21. The third-order valence-corrected chi connectivity index (χ3v) is 3.46. The molecule has 18 heavy (non-hydrogen) atoms. The molecule has 1 aliphatic rings. The molecule has 0 atom stereocenters. The molecule has 2 rings (SSSR count). The molecule has 5 heteroatoms. The second kappa shape index (κ2) is 6.16. The summed E-state index contributed by atoms with van der Waals surface area (Å²) < 4.78 is 13.6. The number of carbonyl (C=O) groups is 1. The van der Waals surface area contributed by atoms with Gasteiger partial charge in [-0.25, -0.2) is 4.39 Å². The zero-order valence-electron chi connectivity index (χ0n) is 10.1. The topological polar surface area (TPSA) is 32.3 Å². The molecule has 1 fully saturated rings. The molecule has 1 heterocycles. The largest absolute Gasteiger partial charge is 0.341 e. The fourth-order valence-electron chi connectivity index (χ4n) is 2.08. The molecule has 0 spiro atoms. The molecular formula is C13H16ClFN2O. The lowest BCUT2D eigenvalue weighted by Gasteiger charge is -2.20. The minimum absolute atomic E-state index is 0.0694. The molecule has 0 aliphatic carbocycles. The lowest BCUT2D eigenvalue weighted by molar-refractivity contribution is -0.129. The van der Waals surface area contributed by atoms with Crippen LogP contribution in [-0.2, 0) is 11.2 Å². The van der Waals surface area contributed by atoms with E-state index < -0.39 is 0 Å². The molecule has 0 saturated carbocycles. The number of benzene rings is 1. The van der Waals surface area contributed by atoms with Gasteiger partial charge in [0.2, 0.25) is 5.91 Å². The van der Waals surface area contributed by atoms with E-state index in [0.717, 1.165) is 19.5 Å². The Kier molecular flexibility index (Phi) is 4.55. The number of hydrogen-bond acceptors (Lipinski definition) is 2. The van der Waals surface area contributed by atoms with Gasteiger partial charge < -0.3 is 10.2 Å². The van der Waals surface area contributed by atoms with Gasteiger partial charge in [0, 0.05) is 23.7 Å². The minimum Gasteiger partial charge on any atom is -0.341 e. The van der Waals surface area contributed by atoms with E-state index in [1.165, 1.54) is 6.07 Å². The molecule has 0 radical (unpaired) electrons. The molecule has 1 saturated heterocycles. The summed E-state index contributed by atoms with van der Waals surface area (Å²) >= 11 is 5.96. The quantitative estimate of drug-likeness (QED) is 0.909. The van der Waals surface area contributed by atoms with E-state index in [0.29, 0.717) is 30.1 Å². The highest BCUT2D eigenvalue weighted by atomic mass is 35.5. The number of carbonyl (C=O) groups excluding carboxylic acids is 1. The van der Waals surface area contributed by atoms with Gasteiger partial charge in [-0.2, -0.15) is 0 Å². The average Bonchev–Trinajstić information content (AvgIpc) is 2.54. The van der Waals surface area contributed by atoms with Crippen LogP contribution in [0.1, 0.15) is 12.0 Å². The maximum absolute atomic E-state index is 13.6. The molecule has 3 nitrogen and oxygen atoms in total. The van der Waals surface area contributed by atoms with Gasteiger partial charge in [-0.1, -0.05) is 17.7 Å². The fraction of sp³-hybridized carbons (Fsp3) is 0.462. The zero-order valence-corrected chi connectivity index (χ0v) is 10.8. The highest BCUT2D eigenvalue weighted by molar-refractivity contribution is 6.31. The van der Waals surface area contributed by atoms with Crippen molar-refractivity contribution in [1.82, 2.24) is 10.2 Å². The number of nitrogens with one attached hydrogen (secondary N) is 1. The Hall–Kier alpha value is -1.13. The highest BCUT2D eigenvalue weighted by Crippen LogP contribution is 2.19. The van der Waals surface area contributed by atoms with E-state index in [9.17, 15) is 9.18 Å². The molecule has 0 aromatic heterocycles. The normalized spacial score (nSPS) is 16.8. The summed E-state index contributed by atoms with van der Waals surface area (Å²) in [5.41, 5.74) is 0.490. The molecule has 1 N–H and O–H groups in total. The van der Waals surface area contributed by atoms with Crippen molar-refractivity contribution < 1.29 is 9.18 Å². The number of hydrogen-bond donors (Lipinski definition) is 1. The van der Waals surface area contributed by atoms with Gasteiger partial charge in [-0.05, 0) is 31.5 Å². The Labute approximate surface area is 111 Å². The van der Waals surface area contributed by atoms with Crippen LogP contribution in [0.25, 0.3) is 0 Å². The fourth-order valence-corrected chi connectivity index (χ4v) is 2.34. The second-order valence-electron chi connectivity index (χ2n) is 4.36. The van der Waals surface area contributed by atoms with Crippen molar-refractivity contribution in [3.63, 3.8) is 0 Å². The van der Waals surface area contributed by atoms with Crippen molar-refractivity contribution in [3.8, 4) is 0 Å². The Bertz CT molecular complexity index is 419. The van der Waals surface area contributed by atoms with Gasteiger partial charge in [0.25, 0.3) is 0 Å². The van der Waals surface area contributed by atoms with Crippen LogP contribution < -0.4 is 5.32 Å². The SMILES string of the molecule is O=C1CNCCCN1CCc1c(F)cccc1Cl. The maximum Gasteiger partial charge on any atom is 0.236 e. The zero-order chi connectivity index (χ0) is 13.0. The van der Waals surface area contributed by atoms with Crippen LogP contribution in [0.15, 0.2) is 18.2 Å². The first-order valence-electron chi connectivity index (χ1n) is 6.10. The van der Waals surface area contributed by atoms with E-state index in [4.69, 9.17) is 11.6 Å². The van der Waals surface area contributed by atoms with Gasteiger partial charge in [0.15, 0.2) is 0 Å². The summed E-state index contributed by atoms with van der Waals surface area (Å²) in [6, 6.07) is 4.65. The van der Waals surface area contributed by atoms with Crippen molar-refractivity contribution in [2.45, 2.75) is 12.8 Å². The van der Waals surface area contributed by atoms with Crippen molar-refractivity contribution >= 4 is 17.5 Å². The Balaban J connectivity index is 2.00. The van der Waals surface area contributed by atoms with Crippen LogP contribution in [0.3, 0.4) is 0 Å². The highest BCUT2D eigenvalue weighted by Gasteiger charge is 2.17. The van der Waals surface area contributed by atoms with E-state index >= 15 is 0 Å². The van der Waals surface area contributed by atoms with E-state index in [1.807, 2.05) is 0 Å². The van der Waals surface area contributed by atoms with Crippen molar-refractivity contribution in [2.24, 2.45) is 0 Å². The third-order valence-electron chi connectivity index (χ3n) is 3.10. The van der Waals surface area contributed by atoms with Crippen LogP contribution in [0.5, 0.6) is 0 Å². The van der Waals surface area contributed by atoms with Gasteiger partial charge in [-0.15, -0.1) is 0 Å². The maximum atomic E-state index is 13.6. The molecule has 1 aliphatic heterocycles. The van der Waals surface area contributed by atoms with Crippen LogP contribution in [0, 0.1) is 5.82 Å². The smallest absolute Gasteiger partial charge is 0.236 e. The Morgan fingerprint density at radius 2 is 2.28 bits per heavy atom. The van der Waals surface area contributed by atoms with E-state index in [-0.39, 0.29) is 11.7 Å². The second-order valence-corrected chi connectivity index (χ2v) is 4.77. The van der Waals surface area contributed by atoms with Crippen LogP contribution in [0.4, 0.5) is 4.39 Å².